The molecule has 0 amide bonds. The standard InChI is InChI=1S/C14H20ClNO/c1-10-8-16(9-11(2)17-10)12(3)13-6-4-5-7-14(13)15/h4-7,10-12H,8-9H2,1-3H3. The highest BCUT2D eigenvalue weighted by Gasteiger charge is 2.27. The minimum absolute atomic E-state index is 0.295. The van der Waals surface area contributed by atoms with E-state index >= 15 is 0 Å². The highest BCUT2D eigenvalue weighted by atomic mass is 35.5. The Labute approximate surface area is 109 Å². The molecule has 2 rings (SSSR count). The summed E-state index contributed by atoms with van der Waals surface area (Å²) in [4.78, 5) is 2.44. The van der Waals surface area contributed by atoms with E-state index in [1.165, 1.54) is 5.56 Å². The molecule has 1 aliphatic heterocycles. The van der Waals surface area contributed by atoms with E-state index in [0.717, 1.165) is 18.1 Å². The van der Waals surface area contributed by atoms with Crippen LogP contribution in [0.1, 0.15) is 32.4 Å². The van der Waals surface area contributed by atoms with Crippen molar-refractivity contribution in [3.8, 4) is 0 Å². The molecule has 0 saturated carbocycles. The largest absolute Gasteiger partial charge is 0.373 e. The van der Waals surface area contributed by atoms with Gasteiger partial charge in [-0.2, -0.15) is 0 Å². The van der Waals surface area contributed by atoms with Gasteiger partial charge in [0.2, 0.25) is 0 Å². The maximum absolute atomic E-state index is 6.25. The summed E-state index contributed by atoms with van der Waals surface area (Å²) in [6, 6.07) is 8.43. The molecular formula is C14H20ClNO. The monoisotopic (exact) mass is 253 g/mol. The molecule has 1 saturated heterocycles. The minimum Gasteiger partial charge on any atom is -0.373 e. The first-order chi connectivity index (χ1) is 8.08. The van der Waals surface area contributed by atoms with Gasteiger partial charge < -0.3 is 4.74 Å². The maximum Gasteiger partial charge on any atom is 0.0678 e. The molecule has 0 N–H and O–H groups in total. The Morgan fingerprint density at radius 1 is 1.24 bits per heavy atom. The van der Waals surface area contributed by atoms with Crippen LogP contribution in [0.2, 0.25) is 5.02 Å². The van der Waals surface area contributed by atoms with E-state index < -0.39 is 0 Å². The fourth-order valence-electron chi connectivity index (χ4n) is 2.54. The van der Waals surface area contributed by atoms with Crippen molar-refractivity contribution in [2.24, 2.45) is 0 Å². The van der Waals surface area contributed by atoms with Gasteiger partial charge in [0, 0.05) is 24.2 Å². The Morgan fingerprint density at radius 3 is 2.41 bits per heavy atom. The number of halogens is 1. The van der Waals surface area contributed by atoms with Gasteiger partial charge in [0.05, 0.1) is 12.2 Å². The molecule has 0 aromatic heterocycles. The summed E-state index contributed by atoms with van der Waals surface area (Å²) in [6.45, 7) is 8.41. The molecule has 3 unspecified atom stereocenters. The number of ether oxygens (including phenoxy) is 1. The van der Waals surface area contributed by atoms with Crippen molar-refractivity contribution in [1.29, 1.82) is 0 Å². The lowest BCUT2D eigenvalue weighted by molar-refractivity contribution is -0.0789. The molecular weight excluding hydrogens is 234 g/mol. The van der Waals surface area contributed by atoms with Crippen LogP contribution in [0.3, 0.4) is 0 Å². The van der Waals surface area contributed by atoms with Crippen LogP contribution < -0.4 is 0 Å². The number of hydrogen-bond acceptors (Lipinski definition) is 2. The lowest BCUT2D eigenvalue weighted by Gasteiger charge is -2.39. The smallest absolute Gasteiger partial charge is 0.0678 e. The molecule has 3 heteroatoms. The zero-order chi connectivity index (χ0) is 12.4. The Bertz CT molecular complexity index is 372. The first-order valence-electron chi connectivity index (χ1n) is 6.22. The second kappa shape index (κ2) is 5.38. The third kappa shape index (κ3) is 3.01. The van der Waals surface area contributed by atoms with Crippen molar-refractivity contribution in [3.05, 3.63) is 34.9 Å². The van der Waals surface area contributed by atoms with Crippen LogP contribution >= 0.6 is 11.6 Å². The SMILES string of the molecule is CC1CN(C(C)c2ccccc2Cl)CC(C)O1. The number of rotatable bonds is 2. The zero-order valence-corrected chi connectivity index (χ0v) is 11.4. The number of hydrogen-bond donors (Lipinski definition) is 0. The van der Waals surface area contributed by atoms with E-state index in [1.54, 1.807) is 0 Å². The van der Waals surface area contributed by atoms with Crippen LogP contribution in [0.25, 0.3) is 0 Å². The Morgan fingerprint density at radius 2 is 1.82 bits per heavy atom. The van der Waals surface area contributed by atoms with E-state index in [2.05, 4.69) is 31.7 Å². The Balaban J connectivity index is 2.14. The maximum atomic E-state index is 6.25. The summed E-state index contributed by atoms with van der Waals surface area (Å²) in [6.07, 6.45) is 0.590. The third-order valence-electron chi connectivity index (χ3n) is 3.35. The van der Waals surface area contributed by atoms with Gasteiger partial charge in [-0.15, -0.1) is 0 Å². The van der Waals surface area contributed by atoms with Gasteiger partial charge >= 0.3 is 0 Å². The molecule has 0 aliphatic carbocycles. The van der Waals surface area contributed by atoms with Crippen LogP contribution in [0.5, 0.6) is 0 Å². The van der Waals surface area contributed by atoms with Crippen molar-refractivity contribution in [2.45, 2.75) is 39.0 Å². The predicted molar refractivity (Wildman–Crippen MR) is 71.4 cm³/mol. The number of morpholine rings is 1. The highest BCUT2D eigenvalue weighted by Crippen LogP contribution is 2.29. The molecule has 0 spiro atoms. The molecule has 94 valence electrons. The molecule has 0 bridgehead atoms. The van der Waals surface area contributed by atoms with Gasteiger partial charge in [0.1, 0.15) is 0 Å². The summed E-state index contributed by atoms with van der Waals surface area (Å²) >= 11 is 6.25. The summed E-state index contributed by atoms with van der Waals surface area (Å²) in [5.41, 5.74) is 1.20. The predicted octanol–water partition coefficient (Wildman–Crippen LogP) is 3.51. The lowest BCUT2D eigenvalue weighted by atomic mass is 10.0. The zero-order valence-electron chi connectivity index (χ0n) is 10.7. The lowest BCUT2D eigenvalue weighted by Crippen LogP contribution is -2.46. The van der Waals surface area contributed by atoms with E-state index in [4.69, 9.17) is 16.3 Å². The molecule has 3 atom stereocenters. The minimum atomic E-state index is 0.295. The fraction of sp³-hybridized carbons (Fsp3) is 0.571. The van der Waals surface area contributed by atoms with Crippen molar-refractivity contribution in [2.75, 3.05) is 13.1 Å². The fourth-order valence-corrected chi connectivity index (χ4v) is 2.84. The third-order valence-corrected chi connectivity index (χ3v) is 3.70. The molecule has 1 aromatic rings. The summed E-state index contributed by atoms with van der Waals surface area (Å²) in [5.74, 6) is 0. The van der Waals surface area contributed by atoms with Crippen LogP contribution in [0, 0.1) is 0 Å². The average Bonchev–Trinajstić information content (AvgIpc) is 2.27. The Kier molecular flexibility index (Phi) is 4.08. The van der Waals surface area contributed by atoms with E-state index in [0.29, 0.717) is 18.2 Å². The van der Waals surface area contributed by atoms with Gasteiger partial charge in [0.15, 0.2) is 0 Å². The normalized spacial score (nSPS) is 28.0. The second-order valence-corrected chi connectivity index (χ2v) is 5.32. The first kappa shape index (κ1) is 12.9. The van der Waals surface area contributed by atoms with Gasteiger partial charge in [-0.3, -0.25) is 4.90 Å². The topological polar surface area (TPSA) is 12.5 Å². The van der Waals surface area contributed by atoms with E-state index in [1.807, 2.05) is 18.2 Å². The highest BCUT2D eigenvalue weighted by molar-refractivity contribution is 6.31. The average molecular weight is 254 g/mol. The quantitative estimate of drug-likeness (QED) is 0.800. The number of nitrogens with zero attached hydrogens (tertiary/aromatic N) is 1. The summed E-state index contributed by atoms with van der Waals surface area (Å²) in [5, 5.41) is 0.854. The molecule has 1 aromatic carbocycles. The summed E-state index contributed by atoms with van der Waals surface area (Å²) in [7, 11) is 0. The van der Waals surface area contributed by atoms with Gasteiger partial charge in [0.25, 0.3) is 0 Å². The van der Waals surface area contributed by atoms with Crippen LogP contribution in [-0.2, 0) is 4.74 Å². The van der Waals surface area contributed by atoms with Crippen molar-refractivity contribution < 1.29 is 4.74 Å². The molecule has 0 radical (unpaired) electrons. The molecule has 1 aliphatic rings. The van der Waals surface area contributed by atoms with Crippen molar-refractivity contribution in [1.82, 2.24) is 4.90 Å². The number of benzene rings is 1. The Hall–Kier alpha value is -0.570. The second-order valence-electron chi connectivity index (χ2n) is 4.91. The van der Waals surface area contributed by atoms with Crippen LogP contribution in [0.4, 0.5) is 0 Å². The van der Waals surface area contributed by atoms with E-state index in [9.17, 15) is 0 Å². The van der Waals surface area contributed by atoms with Crippen LogP contribution in [0.15, 0.2) is 24.3 Å². The van der Waals surface area contributed by atoms with Gasteiger partial charge in [-0.1, -0.05) is 29.8 Å². The van der Waals surface area contributed by atoms with Crippen LogP contribution in [-0.4, -0.2) is 30.2 Å². The van der Waals surface area contributed by atoms with E-state index in [-0.39, 0.29) is 0 Å². The first-order valence-corrected chi connectivity index (χ1v) is 6.59. The molecule has 17 heavy (non-hydrogen) atoms. The molecule has 1 fully saturated rings. The molecule has 1 heterocycles. The summed E-state index contributed by atoms with van der Waals surface area (Å²) < 4.78 is 5.76. The van der Waals surface area contributed by atoms with Gasteiger partial charge in [-0.05, 0) is 32.4 Å². The van der Waals surface area contributed by atoms with Crippen molar-refractivity contribution in [3.63, 3.8) is 0 Å². The molecule has 2 nitrogen and oxygen atoms in total. The van der Waals surface area contributed by atoms with Crippen molar-refractivity contribution >= 4 is 11.6 Å². The van der Waals surface area contributed by atoms with Gasteiger partial charge in [-0.25, -0.2) is 0 Å².